The standard InChI is InChI=1S/C22H28F3N7O2/c1-4-16(22(23,24)25)29-19(33)14-8-9-15(32-12-10-21(2,13-32)26-3)18(28-14)31-20(34)30-17-7-5-6-11-27-17/h5-9,11,16,20,34H,3-4,10,12-13H2,1-2H3,(H,27,30)(H,28,31)(H,29,33)/t16-,20?,21+/m0/s1. The largest absolute Gasteiger partial charge is 0.408 e. The van der Waals surface area contributed by atoms with Crippen molar-refractivity contribution in [2.45, 2.75) is 50.8 Å². The molecule has 0 bridgehead atoms. The first kappa shape index (κ1) is 25.2. The lowest BCUT2D eigenvalue weighted by atomic mass is 10.0. The Balaban J connectivity index is 1.87. The number of amides is 1. The van der Waals surface area contributed by atoms with Gasteiger partial charge in [0.2, 0.25) is 6.35 Å². The van der Waals surface area contributed by atoms with Crippen molar-refractivity contribution < 1.29 is 23.1 Å². The lowest BCUT2D eigenvalue weighted by molar-refractivity contribution is -0.153. The van der Waals surface area contributed by atoms with Crippen LogP contribution in [0.3, 0.4) is 0 Å². The average Bonchev–Trinajstić information content (AvgIpc) is 3.19. The highest BCUT2D eigenvalue weighted by molar-refractivity contribution is 5.93. The summed E-state index contributed by atoms with van der Waals surface area (Å²) in [6, 6.07) is 6.04. The van der Waals surface area contributed by atoms with E-state index in [2.05, 4.69) is 32.3 Å². The maximum absolute atomic E-state index is 13.1. The SMILES string of the molecule is C=N[C@]1(C)CCN(c2ccc(C(=O)N[C@@H](CC)C(F)(F)F)nc2NC(O)Nc2ccccn2)C1. The maximum Gasteiger partial charge on any atom is 0.408 e. The van der Waals surface area contributed by atoms with E-state index in [1.807, 2.05) is 17.1 Å². The van der Waals surface area contributed by atoms with Gasteiger partial charge in [0.25, 0.3) is 5.91 Å². The Kier molecular flexibility index (Phi) is 7.60. The van der Waals surface area contributed by atoms with Crippen molar-refractivity contribution in [1.29, 1.82) is 0 Å². The molecule has 12 heteroatoms. The number of aliphatic hydroxyl groups excluding tert-OH is 1. The number of anilines is 3. The van der Waals surface area contributed by atoms with Crippen LogP contribution in [0.15, 0.2) is 41.5 Å². The Hall–Kier alpha value is -3.41. The number of carbonyl (C=O) groups is 1. The van der Waals surface area contributed by atoms with Gasteiger partial charge in [-0.1, -0.05) is 13.0 Å². The molecule has 34 heavy (non-hydrogen) atoms. The van der Waals surface area contributed by atoms with Crippen LogP contribution < -0.4 is 20.9 Å². The van der Waals surface area contributed by atoms with Crippen LogP contribution in [-0.2, 0) is 0 Å². The van der Waals surface area contributed by atoms with Crippen molar-refractivity contribution in [3.8, 4) is 0 Å². The van der Waals surface area contributed by atoms with Crippen LogP contribution >= 0.6 is 0 Å². The number of halogens is 3. The fourth-order valence-corrected chi connectivity index (χ4v) is 3.62. The monoisotopic (exact) mass is 479 g/mol. The number of carbonyl (C=O) groups excluding carboxylic acids is 1. The lowest BCUT2D eigenvalue weighted by Gasteiger charge is -2.26. The summed E-state index contributed by atoms with van der Waals surface area (Å²) >= 11 is 0. The predicted octanol–water partition coefficient (Wildman–Crippen LogP) is 3.02. The number of aliphatic imine (C=N–C) groups is 1. The Morgan fingerprint density at radius 3 is 2.68 bits per heavy atom. The average molecular weight is 480 g/mol. The molecule has 0 aliphatic carbocycles. The number of hydrogen-bond acceptors (Lipinski definition) is 8. The zero-order valence-corrected chi connectivity index (χ0v) is 18.9. The second-order valence-corrected chi connectivity index (χ2v) is 8.27. The van der Waals surface area contributed by atoms with Gasteiger partial charge in [-0.25, -0.2) is 9.97 Å². The minimum atomic E-state index is -4.58. The second-order valence-electron chi connectivity index (χ2n) is 8.27. The van der Waals surface area contributed by atoms with Gasteiger partial charge in [-0.05, 0) is 50.7 Å². The van der Waals surface area contributed by atoms with Crippen molar-refractivity contribution >= 4 is 29.9 Å². The molecule has 184 valence electrons. The van der Waals surface area contributed by atoms with Gasteiger partial charge in [0, 0.05) is 19.3 Å². The topological polar surface area (TPSA) is 115 Å². The van der Waals surface area contributed by atoms with E-state index in [4.69, 9.17) is 0 Å². The highest BCUT2D eigenvalue weighted by Crippen LogP contribution is 2.33. The van der Waals surface area contributed by atoms with E-state index >= 15 is 0 Å². The molecule has 0 spiro atoms. The molecule has 1 aliphatic rings. The number of pyridine rings is 2. The number of aliphatic hydroxyl groups is 1. The third-order valence-electron chi connectivity index (χ3n) is 5.61. The second kappa shape index (κ2) is 10.2. The van der Waals surface area contributed by atoms with Crippen LogP contribution in [0.1, 0.15) is 37.2 Å². The summed E-state index contributed by atoms with van der Waals surface area (Å²) in [7, 11) is 0. The minimum absolute atomic E-state index is 0.122. The zero-order valence-electron chi connectivity index (χ0n) is 18.9. The number of nitrogens with zero attached hydrogens (tertiary/aromatic N) is 4. The van der Waals surface area contributed by atoms with E-state index in [9.17, 15) is 23.1 Å². The van der Waals surface area contributed by atoms with Crippen molar-refractivity contribution in [3.63, 3.8) is 0 Å². The van der Waals surface area contributed by atoms with Crippen LogP contribution in [0.5, 0.6) is 0 Å². The van der Waals surface area contributed by atoms with Crippen LogP contribution in [-0.4, -0.2) is 64.9 Å². The molecule has 1 aliphatic heterocycles. The van der Waals surface area contributed by atoms with Gasteiger partial charge in [0.15, 0.2) is 5.82 Å². The molecule has 3 atom stereocenters. The van der Waals surface area contributed by atoms with Gasteiger partial charge in [-0.15, -0.1) is 0 Å². The Bertz CT molecular complexity index is 1010. The lowest BCUT2D eigenvalue weighted by Crippen LogP contribution is -2.45. The molecular weight excluding hydrogens is 451 g/mol. The molecule has 2 aromatic rings. The molecule has 4 N–H and O–H groups in total. The van der Waals surface area contributed by atoms with Crippen molar-refractivity contribution in [1.82, 2.24) is 15.3 Å². The van der Waals surface area contributed by atoms with Gasteiger partial charge in [-0.3, -0.25) is 9.79 Å². The molecule has 1 fully saturated rings. The van der Waals surface area contributed by atoms with E-state index < -0.39 is 24.5 Å². The fraction of sp³-hybridized carbons (Fsp3) is 0.455. The summed E-state index contributed by atoms with van der Waals surface area (Å²) in [5.74, 6) is -0.458. The third-order valence-corrected chi connectivity index (χ3v) is 5.61. The van der Waals surface area contributed by atoms with Gasteiger partial charge in [0.05, 0.1) is 11.2 Å². The fourth-order valence-electron chi connectivity index (χ4n) is 3.62. The summed E-state index contributed by atoms with van der Waals surface area (Å²) in [6.07, 6.45) is -3.96. The summed E-state index contributed by atoms with van der Waals surface area (Å²) in [5, 5.41) is 18.0. The molecule has 2 aromatic heterocycles. The van der Waals surface area contributed by atoms with Gasteiger partial charge < -0.3 is 26.0 Å². The molecule has 1 saturated heterocycles. The molecule has 3 rings (SSSR count). The van der Waals surface area contributed by atoms with Gasteiger partial charge >= 0.3 is 6.18 Å². The van der Waals surface area contributed by atoms with E-state index in [0.29, 0.717) is 24.6 Å². The normalized spacial score (nSPS) is 19.9. The Morgan fingerprint density at radius 1 is 1.32 bits per heavy atom. The highest BCUT2D eigenvalue weighted by atomic mass is 19.4. The molecule has 9 nitrogen and oxygen atoms in total. The smallest absolute Gasteiger partial charge is 0.366 e. The van der Waals surface area contributed by atoms with Crippen molar-refractivity contribution in [3.05, 3.63) is 42.2 Å². The van der Waals surface area contributed by atoms with Crippen LogP contribution in [0.25, 0.3) is 0 Å². The first-order valence-corrected chi connectivity index (χ1v) is 10.8. The van der Waals surface area contributed by atoms with Crippen LogP contribution in [0, 0.1) is 0 Å². The molecule has 0 saturated carbocycles. The first-order chi connectivity index (χ1) is 16.0. The zero-order chi connectivity index (χ0) is 24.9. The number of rotatable bonds is 9. The molecule has 0 aromatic carbocycles. The van der Waals surface area contributed by atoms with Crippen molar-refractivity contribution in [2.75, 3.05) is 28.6 Å². The van der Waals surface area contributed by atoms with Gasteiger partial charge in [-0.2, -0.15) is 13.2 Å². The third kappa shape index (κ3) is 6.13. The van der Waals surface area contributed by atoms with E-state index in [-0.39, 0.29) is 23.5 Å². The quantitative estimate of drug-likeness (QED) is 0.323. The van der Waals surface area contributed by atoms with E-state index in [0.717, 1.165) is 6.42 Å². The van der Waals surface area contributed by atoms with Crippen LogP contribution in [0.2, 0.25) is 0 Å². The van der Waals surface area contributed by atoms with Crippen LogP contribution in [0.4, 0.5) is 30.5 Å². The predicted molar refractivity (Wildman–Crippen MR) is 124 cm³/mol. The molecular formula is C22H28F3N7O2. The number of alkyl halides is 3. The minimum Gasteiger partial charge on any atom is -0.366 e. The summed E-state index contributed by atoms with van der Waals surface area (Å²) in [5.41, 5.74) is -0.0319. The summed E-state index contributed by atoms with van der Waals surface area (Å²) in [4.78, 5) is 27.0. The molecule has 0 radical (unpaired) electrons. The Labute approximate surface area is 195 Å². The number of nitrogens with one attached hydrogen (secondary N) is 3. The summed E-state index contributed by atoms with van der Waals surface area (Å²) < 4.78 is 39.3. The molecule has 1 amide bonds. The van der Waals surface area contributed by atoms with Gasteiger partial charge in [0.1, 0.15) is 17.6 Å². The highest BCUT2D eigenvalue weighted by Gasteiger charge is 2.40. The van der Waals surface area contributed by atoms with E-state index in [1.165, 1.54) is 13.0 Å². The Morgan fingerprint density at radius 2 is 2.09 bits per heavy atom. The summed E-state index contributed by atoms with van der Waals surface area (Å²) in [6.45, 7) is 8.08. The van der Waals surface area contributed by atoms with Crippen molar-refractivity contribution in [2.24, 2.45) is 4.99 Å². The van der Waals surface area contributed by atoms with E-state index in [1.54, 1.807) is 30.5 Å². The molecule has 1 unspecified atom stereocenters. The molecule has 3 heterocycles. The maximum atomic E-state index is 13.1. The first-order valence-electron chi connectivity index (χ1n) is 10.8. The number of hydrogen-bond donors (Lipinski definition) is 4. The number of aromatic nitrogens is 2.